The molecule has 0 radical (unpaired) electrons. The molecule has 6 nitrogen and oxygen atoms in total. The van der Waals surface area contributed by atoms with Gasteiger partial charge in [-0.1, -0.05) is 44.2 Å². The molecule has 1 saturated heterocycles. The van der Waals surface area contributed by atoms with Gasteiger partial charge in [0.05, 0.1) is 24.2 Å². The Morgan fingerprint density at radius 2 is 1.74 bits per heavy atom. The molecule has 1 aliphatic carbocycles. The first-order chi connectivity index (χ1) is 15.1. The van der Waals surface area contributed by atoms with Gasteiger partial charge in [0.25, 0.3) is 0 Å². The molecule has 2 atom stereocenters. The molecule has 1 aromatic carbocycles. The van der Waals surface area contributed by atoms with E-state index in [1.165, 1.54) is 44.9 Å². The van der Waals surface area contributed by atoms with Crippen LogP contribution in [0, 0.1) is 17.3 Å². The van der Waals surface area contributed by atoms with Gasteiger partial charge < -0.3 is 20.1 Å². The maximum absolute atomic E-state index is 12.8. The zero-order valence-corrected chi connectivity index (χ0v) is 18.9. The van der Waals surface area contributed by atoms with Gasteiger partial charge in [-0.25, -0.2) is 4.79 Å². The summed E-state index contributed by atoms with van der Waals surface area (Å²) in [6.45, 7) is 4.67. The molecule has 4 rings (SSSR count). The standard InChI is InChI=1S/C25H39N3O3/c1-19(28-23-12-8-7-11-22(23)26-24(28)31)21-13-14-27(16-25(21,17-29)18-30)15-20-9-5-3-2-4-6-10-20/h7-8,11-12,19-21,29-30H,2-6,9-10,13-18H2,1H3,(H,26,31). The smallest absolute Gasteiger partial charge is 0.326 e. The fourth-order valence-corrected chi connectivity index (χ4v) is 6.31. The summed E-state index contributed by atoms with van der Waals surface area (Å²) >= 11 is 0. The van der Waals surface area contributed by atoms with E-state index < -0.39 is 5.41 Å². The molecule has 1 saturated carbocycles. The molecule has 172 valence electrons. The Morgan fingerprint density at radius 3 is 2.45 bits per heavy atom. The van der Waals surface area contributed by atoms with Gasteiger partial charge in [-0.05, 0) is 56.7 Å². The minimum absolute atomic E-state index is 0.0352. The van der Waals surface area contributed by atoms with Crippen molar-refractivity contribution in [3.63, 3.8) is 0 Å². The first kappa shape index (κ1) is 22.6. The Bertz CT molecular complexity index is 893. The summed E-state index contributed by atoms with van der Waals surface area (Å²) in [5.41, 5.74) is 1.01. The van der Waals surface area contributed by atoms with Crippen LogP contribution < -0.4 is 5.69 Å². The molecule has 2 unspecified atom stereocenters. The molecule has 31 heavy (non-hydrogen) atoms. The lowest BCUT2D eigenvalue weighted by Gasteiger charge is -2.49. The van der Waals surface area contributed by atoms with E-state index in [-0.39, 0.29) is 30.9 Å². The van der Waals surface area contributed by atoms with Crippen LogP contribution in [0.1, 0.15) is 64.3 Å². The van der Waals surface area contributed by atoms with Crippen molar-refractivity contribution in [2.24, 2.45) is 17.3 Å². The molecule has 6 heteroatoms. The van der Waals surface area contributed by atoms with Crippen LogP contribution in [-0.4, -0.2) is 57.5 Å². The molecule has 2 aromatic rings. The SMILES string of the molecule is CC(C1CCN(CC2CCCCCCC2)CC1(CO)CO)n1c(=O)[nH]c2ccccc21. The Morgan fingerprint density at radius 1 is 1.06 bits per heavy atom. The molecule has 1 aromatic heterocycles. The van der Waals surface area contributed by atoms with E-state index in [9.17, 15) is 15.0 Å². The van der Waals surface area contributed by atoms with E-state index in [0.29, 0.717) is 6.54 Å². The maximum atomic E-state index is 12.8. The average Bonchev–Trinajstić information content (AvgIpc) is 3.10. The van der Waals surface area contributed by atoms with E-state index >= 15 is 0 Å². The number of aliphatic hydroxyl groups excluding tert-OH is 2. The van der Waals surface area contributed by atoms with Crippen LogP contribution >= 0.6 is 0 Å². The van der Waals surface area contributed by atoms with Crippen molar-refractivity contribution in [2.45, 2.75) is 64.3 Å². The fourth-order valence-electron chi connectivity index (χ4n) is 6.31. The number of para-hydroxylation sites is 2. The third kappa shape index (κ3) is 4.62. The number of fused-ring (bicyclic) bond motifs is 1. The topological polar surface area (TPSA) is 81.5 Å². The lowest BCUT2D eigenvalue weighted by atomic mass is 9.68. The molecule has 0 amide bonds. The highest BCUT2D eigenvalue weighted by atomic mass is 16.3. The number of H-pyrrole nitrogens is 1. The van der Waals surface area contributed by atoms with Crippen LogP contribution in [0.4, 0.5) is 0 Å². The third-order valence-electron chi connectivity index (χ3n) is 8.07. The zero-order chi connectivity index (χ0) is 21.8. The van der Waals surface area contributed by atoms with E-state index in [1.807, 2.05) is 28.8 Å². The number of aliphatic hydroxyl groups is 2. The number of aromatic nitrogens is 2. The Balaban J connectivity index is 1.53. The van der Waals surface area contributed by atoms with E-state index in [0.717, 1.165) is 36.5 Å². The summed E-state index contributed by atoms with van der Waals surface area (Å²) in [7, 11) is 0. The van der Waals surface area contributed by atoms with Crippen molar-refractivity contribution in [1.29, 1.82) is 0 Å². The van der Waals surface area contributed by atoms with Gasteiger partial charge in [0.2, 0.25) is 0 Å². The minimum atomic E-state index is -0.600. The fraction of sp³-hybridized carbons (Fsp3) is 0.720. The lowest BCUT2D eigenvalue weighted by molar-refractivity contribution is -0.0738. The van der Waals surface area contributed by atoms with Gasteiger partial charge in [0, 0.05) is 24.5 Å². The number of aromatic amines is 1. The molecule has 2 aliphatic rings. The number of imidazole rings is 1. The van der Waals surface area contributed by atoms with Crippen LogP contribution in [0.5, 0.6) is 0 Å². The Kier molecular flexibility index (Phi) is 7.19. The molecule has 2 fully saturated rings. The first-order valence-corrected chi connectivity index (χ1v) is 12.2. The second-order valence-electron chi connectivity index (χ2n) is 10.1. The summed E-state index contributed by atoms with van der Waals surface area (Å²) in [5.74, 6) is 0.758. The molecular weight excluding hydrogens is 390 g/mol. The highest BCUT2D eigenvalue weighted by molar-refractivity contribution is 5.75. The van der Waals surface area contributed by atoms with Gasteiger partial charge in [-0.15, -0.1) is 0 Å². The van der Waals surface area contributed by atoms with Crippen molar-refractivity contribution in [3.8, 4) is 0 Å². The number of rotatable bonds is 6. The summed E-state index contributed by atoms with van der Waals surface area (Å²) in [5, 5.41) is 20.9. The van der Waals surface area contributed by atoms with Gasteiger partial charge in [0.15, 0.2) is 0 Å². The number of nitrogens with one attached hydrogen (secondary N) is 1. The Hall–Kier alpha value is -1.63. The summed E-state index contributed by atoms with van der Waals surface area (Å²) in [6, 6.07) is 7.65. The minimum Gasteiger partial charge on any atom is -0.396 e. The maximum Gasteiger partial charge on any atom is 0.326 e. The molecular formula is C25H39N3O3. The van der Waals surface area contributed by atoms with Gasteiger partial charge in [-0.3, -0.25) is 4.57 Å². The van der Waals surface area contributed by atoms with Gasteiger partial charge in [-0.2, -0.15) is 0 Å². The lowest BCUT2D eigenvalue weighted by Crippen LogP contribution is -2.56. The average molecular weight is 430 g/mol. The molecule has 0 spiro atoms. The second-order valence-corrected chi connectivity index (χ2v) is 10.1. The van der Waals surface area contributed by atoms with Crippen molar-refractivity contribution in [2.75, 3.05) is 32.8 Å². The summed E-state index contributed by atoms with van der Waals surface area (Å²) in [4.78, 5) is 18.2. The van der Waals surface area contributed by atoms with Crippen LogP contribution in [0.3, 0.4) is 0 Å². The normalized spacial score (nSPS) is 24.7. The number of hydrogen-bond donors (Lipinski definition) is 3. The highest BCUT2D eigenvalue weighted by Gasteiger charge is 2.46. The van der Waals surface area contributed by atoms with Gasteiger partial charge in [0.1, 0.15) is 0 Å². The van der Waals surface area contributed by atoms with E-state index in [2.05, 4.69) is 16.8 Å². The van der Waals surface area contributed by atoms with Crippen LogP contribution in [0.2, 0.25) is 0 Å². The zero-order valence-electron chi connectivity index (χ0n) is 18.9. The summed E-state index contributed by atoms with van der Waals surface area (Å²) < 4.78 is 1.82. The second kappa shape index (κ2) is 9.88. The van der Waals surface area contributed by atoms with E-state index in [4.69, 9.17) is 0 Å². The quantitative estimate of drug-likeness (QED) is 0.656. The molecule has 2 heterocycles. The number of nitrogens with zero attached hydrogens (tertiary/aromatic N) is 2. The molecule has 0 bridgehead atoms. The first-order valence-electron chi connectivity index (χ1n) is 12.2. The van der Waals surface area contributed by atoms with E-state index in [1.54, 1.807) is 0 Å². The predicted octanol–water partition coefficient (Wildman–Crippen LogP) is 3.54. The third-order valence-corrected chi connectivity index (χ3v) is 8.07. The van der Waals surface area contributed by atoms with Crippen molar-refractivity contribution in [1.82, 2.24) is 14.5 Å². The highest BCUT2D eigenvalue weighted by Crippen LogP contribution is 2.42. The summed E-state index contributed by atoms with van der Waals surface area (Å²) in [6.07, 6.45) is 10.2. The number of likely N-dealkylation sites (tertiary alicyclic amines) is 1. The molecule has 1 aliphatic heterocycles. The van der Waals surface area contributed by atoms with Crippen molar-refractivity contribution in [3.05, 3.63) is 34.7 Å². The van der Waals surface area contributed by atoms with Crippen LogP contribution in [0.25, 0.3) is 11.0 Å². The number of piperidine rings is 1. The van der Waals surface area contributed by atoms with Crippen LogP contribution in [0.15, 0.2) is 29.1 Å². The Labute approximate surface area is 185 Å². The number of hydrogen-bond acceptors (Lipinski definition) is 4. The largest absolute Gasteiger partial charge is 0.396 e. The number of benzene rings is 1. The monoisotopic (exact) mass is 429 g/mol. The van der Waals surface area contributed by atoms with Gasteiger partial charge >= 0.3 is 5.69 Å². The predicted molar refractivity (Wildman–Crippen MR) is 124 cm³/mol. The van der Waals surface area contributed by atoms with Crippen LogP contribution in [-0.2, 0) is 0 Å². The van der Waals surface area contributed by atoms with Crippen molar-refractivity contribution >= 4 is 11.0 Å². The van der Waals surface area contributed by atoms with Crippen molar-refractivity contribution < 1.29 is 10.2 Å². The molecule has 3 N–H and O–H groups in total.